The number of rotatable bonds is 3. The first kappa shape index (κ1) is 17.0. The summed E-state index contributed by atoms with van der Waals surface area (Å²) >= 11 is 9.67. The van der Waals surface area contributed by atoms with Gasteiger partial charge in [0.25, 0.3) is 0 Å². The Kier molecular flexibility index (Phi) is 4.84. The Morgan fingerprint density at radius 2 is 1.96 bits per heavy atom. The van der Waals surface area contributed by atoms with E-state index in [4.69, 9.17) is 21.1 Å². The molecule has 7 nitrogen and oxygen atoms in total. The molecule has 0 aliphatic carbocycles. The molecule has 2 heterocycles. The number of ether oxygens (including phenoxy) is 2. The normalized spacial score (nSPS) is 31.5. The first-order chi connectivity index (χ1) is 10.9. The highest BCUT2D eigenvalue weighted by Crippen LogP contribution is 2.38. The Morgan fingerprint density at radius 3 is 2.61 bits per heavy atom. The van der Waals surface area contributed by atoms with Crippen LogP contribution in [0.1, 0.15) is 0 Å². The van der Waals surface area contributed by atoms with Crippen molar-refractivity contribution in [2.45, 2.75) is 30.7 Å². The Bertz CT molecular complexity index is 708. The van der Waals surface area contributed by atoms with Crippen LogP contribution in [0, 0.1) is 0 Å². The van der Waals surface area contributed by atoms with Crippen LogP contribution in [-0.4, -0.2) is 62.7 Å². The van der Waals surface area contributed by atoms with E-state index in [1.807, 2.05) is 12.1 Å². The minimum Gasteiger partial charge on any atom is -0.445 e. The highest BCUT2D eigenvalue weighted by molar-refractivity contribution is 9.10. The highest BCUT2D eigenvalue weighted by atomic mass is 79.9. The molecule has 0 radical (unpaired) electrons. The van der Waals surface area contributed by atoms with Crippen molar-refractivity contribution in [1.82, 2.24) is 4.98 Å². The zero-order valence-electron chi connectivity index (χ0n) is 11.7. The van der Waals surface area contributed by atoms with Gasteiger partial charge in [-0.3, -0.25) is 0 Å². The van der Waals surface area contributed by atoms with Gasteiger partial charge in [0.2, 0.25) is 12.2 Å². The molecule has 1 aliphatic rings. The molecular weight excluding hydrogens is 394 g/mol. The van der Waals surface area contributed by atoms with Crippen LogP contribution in [-0.2, 0) is 4.74 Å². The second kappa shape index (κ2) is 6.56. The van der Waals surface area contributed by atoms with Crippen LogP contribution in [0.3, 0.4) is 0 Å². The number of hydrogen-bond donors (Lipinski definition) is 5. The van der Waals surface area contributed by atoms with Crippen molar-refractivity contribution in [1.29, 1.82) is 0 Å². The lowest BCUT2D eigenvalue weighted by Crippen LogP contribution is -2.60. The van der Waals surface area contributed by atoms with Gasteiger partial charge >= 0.3 is 0 Å². The maximum Gasteiger partial charge on any atom is 0.231 e. The fourth-order valence-electron chi connectivity index (χ4n) is 2.50. The van der Waals surface area contributed by atoms with Crippen molar-refractivity contribution in [3.8, 4) is 5.88 Å². The van der Waals surface area contributed by atoms with Gasteiger partial charge in [0.15, 0.2) is 0 Å². The fraction of sp³-hybridized carbons (Fsp3) is 0.429. The zero-order chi connectivity index (χ0) is 16.7. The summed E-state index contributed by atoms with van der Waals surface area (Å²) in [6.45, 7) is -0.531. The van der Waals surface area contributed by atoms with Gasteiger partial charge in [-0.25, -0.2) is 0 Å². The number of nitrogens with one attached hydrogen (secondary N) is 1. The number of hydrogen-bond acceptors (Lipinski definition) is 6. The molecule has 1 saturated heterocycles. The first-order valence-electron chi connectivity index (χ1n) is 6.87. The molecule has 1 aliphatic heterocycles. The molecule has 0 unspecified atom stereocenters. The Labute approximate surface area is 144 Å². The molecule has 1 aromatic carbocycles. The number of aromatic amines is 1. The molecule has 0 spiro atoms. The van der Waals surface area contributed by atoms with Gasteiger partial charge in [-0.1, -0.05) is 33.6 Å². The van der Waals surface area contributed by atoms with E-state index in [1.165, 1.54) is 0 Å². The Hall–Kier alpha value is -0.870. The number of aromatic nitrogens is 1. The molecule has 5 atom stereocenters. The molecule has 2 aromatic rings. The summed E-state index contributed by atoms with van der Waals surface area (Å²) in [7, 11) is 0. The fourth-order valence-corrected chi connectivity index (χ4v) is 3.48. The third kappa shape index (κ3) is 2.96. The molecule has 5 N–H and O–H groups in total. The quantitative estimate of drug-likeness (QED) is 0.512. The third-order valence-corrected chi connectivity index (χ3v) is 4.78. The van der Waals surface area contributed by atoms with Crippen molar-refractivity contribution in [3.05, 3.63) is 27.7 Å². The lowest BCUT2D eigenvalue weighted by Gasteiger charge is -2.39. The molecule has 23 heavy (non-hydrogen) atoms. The number of benzene rings is 1. The smallest absolute Gasteiger partial charge is 0.231 e. The number of aliphatic hydroxyl groups is 4. The summed E-state index contributed by atoms with van der Waals surface area (Å²) in [6.07, 6.45) is -6.80. The van der Waals surface area contributed by atoms with Crippen LogP contribution in [0.25, 0.3) is 10.9 Å². The van der Waals surface area contributed by atoms with E-state index in [2.05, 4.69) is 20.9 Å². The lowest BCUT2D eigenvalue weighted by atomic mass is 9.99. The first-order valence-corrected chi connectivity index (χ1v) is 8.04. The largest absolute Gasteiger partial charge is 0.445 e. The molecule has 126 valence electrons. The molecule has 3 rings (SSSR count). The summed E-state index contributed by atoms with van der Waals surface area (Å²) in [6, 6.07) is 5.43. The summed E-state index contributed by atoms with van der Waals surface area (Å²) in [5, 5.41) is 39.7. The third-order valence-electron chi connectivity index (χ3n) is 3.76. The zero-order valence-corrected chi connectivity index (χ0v) is 14.0. The van der Waals surface area contributed by atoms with Crippen molar-refractivity contribution < 1.29 is 29.9 Å². The van der Waals surface area contributed by atoms with Gasteiger partial charge in [0.05, 0.1) is 12.1 Å². The maximum atomic E-state index is 9.99. The van der Waals surface area contributed by atoms with Gasteiger partial charge in [0.1, 0.15) is 29.4 Å². The Morgan fingerprint density at radius 1 is 1.22 bits per heavy atom. The predicted molar refractivity (Wildman–Crippen MR) is 85.4 cm³/mol. The number of fused-ring (bicyclic) bond motifs is 1. The second-order valence-electron chi connectivity index (χ2n) is 5.25. The molecular formula is C14H15BrClNO6. The van der Waals surface area contributed by atoms with E-state index < -0.39 is 37.3 Å². The van der Waals surface area contributed by atoms with Gasteiger partial charge in [-0.15, -0.1) is 0 Å². The average Bonchev–Trinajstić information content (AvgIpc) is 2.85. The highest BCUT2D eigenvalue weighted by Gasteiger charge is 2.45. The van der Waals surface area contributed by atoms with Crippen LogP contribution in [0.2, 0.25) is 5.02 Å². The van der Waals surface area contributed by atoms with Gasteiger partial charge in [0, 0.05) is 9.86 Å². The van der Waals surface area contributed by atoms with Crippen molar-refractivity contribution in [3.63, 3.8) is 0 Å². The summed E-state index contributed by atoms with van der Waals surface area (Å²) < 4.78 is 11.6. The van der Waals surface area contributed by atoms with Gasteiger partial charge in [-0.05, 0) is 12.1 Å². The van der Waals surface area contributed by atoms with Crippen molar-refractivity contribution in [2.75, 3.05) is 6.61 Å². The van der Waals surface area contributed by atoms with E-state index in [1.54, 1.807) is 6.07 Å². The number of halogens is 2. The molecule has 0 bridgehead atoms. The molecule has 0 saturated carbocycles. The standard InChI is InChI=1S/C14H15BrClNO6/c15-5-2-1-3-6-8(5)9(16)13(17-6)23-14-12(21)11(20)10(19)7(4-18)22-14/h1-3,7,10-12,14,17-21H,4H2/t7-,10+,11+,12-,14+/m1/s1. The predicted octanol–water partition coefficient (Wildman–Crippen LogP) is 0.762. The average molecular weight is 409 g/mol. The molecule has 1 fully saturated rings. The Balaban J connectivity index is 1.89. The molecule has 1 aromatic heterocycles. The minimum atomic E-state index is -1.51. The minimum absolute atomic E-state index is 0.151. The van der Waals surface area contributed by atoms with E-state index in [9.17, 15) is 20.4 Å². The summed E-state index contributed by atoms with van der Waals surface area (Å²) in [5.74, 6) is 0.151. The van der Waals surface area contributed by atoms with Crippen molar-refractivity contribution >= 4 is 38.4 Å². The maximum absolute atomic E-state index is 9.99. The van der Waals surface area contributed by atoms with E-state index in [-0.39, 0.29) is 10.9 Å². The van der Waals surface area contributed by atoms with Crippen LogP contribution < -0.4 is 4.74 Å². The van der Waals surface area contributed by atoms with Gasteiger partial charge in [-0.2, -0.15) is 0 Å². The van der Waals surface area contributed by atoms with Crippen LogP contribution in [0.15, 0.2) is 22.7 Å². The summed E-state index contributed by atoms with van der Waals surface area (Å²) in [5.41, 5.74) is 0.712. The second-order valence-corrected chi connectivity index (χ2v) is 6.48. The number of aliphatic hydroxyl groups excluding tert-OH is 4. The van der Waals surface area contributed by atoms with Crippen molar-refractivity contribution in [2.24, 2.45) is 0 Å². The summed E-state index contributed by atoms with van der Waals surface area (Å²) in [4.78, 5) is 2.95. The molecule has 0 amide bonds. The SMILES string of the molecule is OC[C@H]1O[C@@H](Oc2[nH]c3cccc(Br)c3c2Cl)[C@H](O)[C@@H](O)[C@H]1O. The van der Waals surface area contributed by atoms with E-state index >= 15 is 0 Å². The monoisotopic (exact) mass is 407 g/mol. The van der Waals surface area contributed by atoms with Crippen LogP contribution in [0.5, 0.6) is 5.88 Å². The van der Waals surface area contributed by atoms with E-state index in [0.29, 0.717) is 10.9 Å². The van der Waals surface area contributed by atoms with Gasteiger partial charge < -0.3 is 34.9 Å². The number of H-pyrrole nitrogens is 1. The van der Waals surface area contributed by atoms with Crippen LogP contribution >= 0.6 is 27.5 Å². The topological polar surface area (TPSA) is 115 Å². The van der Waals surface area contributed by atoms with E-state index in [0.717, 1.165) is 4.47 Å². The van der Waals surface area contributed by atoms with Crippen LogP contribution in [0.4, 0.5) is 0 Å². The molecule has 9 heteroatoms. The lowest BCUT2D eigenvalue weighted by molar-refractivity contribution is -0.278.